The van der Waals surface area contributed by atoms with Gasteiger partial charge in [0.2, 0.25) is 17.2 Å². The maximum absolute atomic E-state index is 12.7. The number of rotatable bonds is 6. The zero-order valence-corrected chi connectivity index (χ0v) is 14.3. The third-order valence-electron chi connectivity index (χ3n) is 4.12. The number of unbranched alkanes of at least 4 members (excludes halogenated alkanes) is 1. The van der Waals surface area contributed by atoms with Crippen molar-refractivity contribution in [1.82, 2.24) is 5.32 Å². The molecule has 8 nitrogen and oxygen atoms in total. The standard InChI is InChI=1S/C17H20N2O6/c1-9-13-15(14(17(23)25-3)10(2)19(9)24)12(21)8-11(16(13)22)18-6-4-5-7-20/h8,18,20H,4-7H2,1-3H3. The van der Waals surface area contributed by atoms with Crippen LogP contribution in [0.3, 0.4) is 0 Å². The van der Waals surface area contributed by atoms with Crippen LogP contribution < -0.4 is 10.0 Å². The van der Waals surface area contributed by atoms with Gasteiger partial charge in [0.15, 0.2) is 5.78 Å². The van der Waals surface area contributed by atoms with Crippen molar-refractivity contribution >= 4 is 17.5 Å². The lowest BCUT2D eigenvalue weighted by molar-refractivity contribution is -0.619. The van der Waals surface area contributed by atoms with Crippen LogP contribution in [-0.2, 0) is 4.74 Å². The van der Waals surface area contributed by atoms with Crippen molar-refractivity contribution in [2.24, 2.45) is 0 Å². The number of aliphatic hydroxyl groups is 1. The fraction of sp³-hybridized carbons (Fsp3) is 0.412. The number of Topliss-reactive ketones (excluding diaryl/α,β-unsaturated/α-hetero) is 1. The molecule has 1 aliphatic carbocycles. The van der Waals surface area contributed by atoms with E-state index in [1.54, 1.807) is 0 Å². The predicted molar refractivity (Wildman–Crippen MR) is 87.3 cm³/mol. The fourth-order valence-corrected chi connectivity index (χ4v) is 2.81. The maximum atomic E-state index is 12.7. The van der Waals surface area contributed by atoms with Gasteiger partial charge in [0.1, 0.15) is 11.1 Å². The van der Waals surface area contributed by atoms with E-state index in [0.29, 0.717) is 24.1 Å². The number of aromatic nitrogens is 1. The summed E-state index contributed by atoms with van der Waals surface area (Å²) in [4.78, 5) is 37.3. The number of ether oxygens (including phenoxy) is 1. The third kappa shape index (κ3) is 3.25. The number of carbonyl (C=O) groups excluding carboxylic acids is 3. The molecular formula is C17H20N2O6. The topological polar surface area (TPSA) is 120 Å². The van der Waals surface area contributed by atoms with E-state index in [2.05, 4.69) is 10.1 Å². The highest BCUT2D eigenvalue weighted by Crippen LogP contribution is 2.27. The molecule has 25 heavy (non-hydrogen) atoms. The van der Waals surface area contributed by atoms with E-state index in [0.717, 1.165) is 13.2 Å². The van der Waals surface area contributed by atoms with Crippen LogP contribution >= 0.6 is 0 Å². The number of aliphatic hydroxyl groups excluding tert-OH is 1. The Hall–Kier alpha value is -2.74. The number of carbonyl (C=O) groups is 3. The zero-order chi connectivity index (χ0) is 18.7. The fourth-order valence-electron chi connectivity index (χ4n) is 2.81. The zero-order valence-electron chi connectivity index (χ0n) is 14.3. The molecule has 0 spiro atoms. The van der Waals surface area contributed by atoms with Crippen LogP contribution in [0.4, 0.5) is 0 Å². The summed E-state index contributed by atoms with van der Waals surface area (Å²) in [5.74, 6) is -1.90. The van der Waals surface area contributed by atoms with Gasteiger partial charge in [-0.2, -0.15) is 4.73 Å². The van der Waals surface area contributed by atoms with E-state index in [9.17, 15) is 19.6 Å². The van der Waals surface area contributed by atoms with Crippen LogP contribution in [-0.4, -0.2) is 42.9 Å². The number of ketones is 2. The Morgan fingerprint density at radius 2 is 1.92 bits per heavy atom. The Morgan fingerprint density at radius 3 is 2.52 bits per heavy atom. The summed E-state index contributed by atoms with van der Waals surface area (Å²) in [6.45, 7) is 3.26. The van der Waals surface area contributed by atoms with Crippen molar-refractivity contribution in [2.75, 3.05) is 20.3 Å². The Morgan fingerprint density at radius 1 is 1.24 bits per heavy atom. The average Bonchev–Trinajstić information content (AvgIpc) is 2.59. The van der Waals surface area contributed by atoms with E-state index in [1.807, 2.05) is 0 Å². The number of hydrogen-bond donors (Lipinski definition) is 2. The third-order valence-corrected chi connectivity index (χ3v) is 4.12. The molecule has 2 N–H and O–H groups in total. The predicted octanol–water partition coefficient (Wildman–Crippen LogP) is 0.348. The number of esters is 1. The Labute approximate surface area is 144 Å². The first kappa shape index (κ1) is 18.6. The molecule has 0 aliphatic heterocycles. The van der Waals surface area contributed by atoms with Gasteiger partial charge in [0.05, 0.1) is 18.4 Å². The van der Waals surface area contributed by atoms with Gasteiger partial charge < -0.3 is 20.4 Å². The van der Waals surface area contributed by atoms with Gasteiger partial charge >= 0.3 is 5.97 Å². The van der Waals surface area contributed by atoms with Gasteiger partial charge in [-0.1, -0.05) is 0 Å². The molecule has 1 aromatic heterocycles. The summed E-state index contributed by atoms with van der Waals surface area (Å²) in [5.41, 5.74) is -0.235. The Kier molecular flexibility index (Phi) is 5.53. The molecule has 0 bridgehead atoms. The second-order valence-electron chi connectivity index (χ2n) is 5.69. The molecule has 0 saturated carbocycles. The van der Waals surface area contributed by atoms with Crippen LogP contribution in [0.25, 0.3) is 0 Å². The van der Waals surface area contributed by atoms with Crippen molar-refractivity contribution in [3.63, 3.8) is 0 Å². The molecule has 2 rings (SSSR count). The molecule has 0 fully saturated rings. The van der Waals surface area contributed by atoms with Gasteiger partial charge in [-0.15, -0.1) is 0 Å². The summed E-state index contributed by atoms with van der Waals surface area (Å²) in [7, 11) is 1.14. The number of nitrogens with zero attached hydrogens (tertiary/aromatic N) is 1. The molecule has 1 aromatic rings. The molecule has 0 atom stereocenters. The molecule has 1 aliphatic rings. The normalized spacial score (nSPS) is 13.4. The summed E-state index contributed by atoms with van der Waals surface area (Å²) < 4.78 is 5.13. The van der Waals surface area contributed by atoms with Gasteiger partial charge in [0, 0.05) is 33.1 Å². The summed E-state index contributed by atoms with van der Waals surface area (Å²) in [6.07, 6.45) is 2.30. The molecule has 134 valence electrons. The smallest absolute Gasteiger partial charge is 0.345 e. The summed E-state index contributed by atoms with van der Waals surface area (Å²) in [6, 6.07) is 0. The van der Waals surface area contributed by atoms with Crippen LogP contribution in [0.2, 0.25) is 0 Å². The van der Waals surface area contributed by atoms with Crippen molar-refractivity contribution in [2.45, 2.75) is 26.7 Å². The van der Waals surface area contributed by atoms with Crippen LogP contribution in [0.15, 0.2) is 11.8 Å². The molecule has 0 aromatic carbocycles. The quantitative estimate of drug-likeness (QED) is 0.329. The minimum absolute atomic E-state index is 0.0111. The molecule has 1 heterocycles. The maximum Gasteiger partial charge on any atom is 0.345 e. The highest BCUT2D eigenvalue weighted by Gasteiger charge is 2.38. The largest absolute Gasteiger partial charge is 0.618 e. The van der Waals surface area contributed by atoms with Crippen LogP contribution in [0.5, 0.6) is 0 Å². The first-order valence-corrected chi connectivity index (χ1v) is 7.85. The van der Waals surface area contributed by atoms with E-state index in [4.69, 9.17) is 5.11 Å². The number of hydrogen-bond acceptors (Lipinski definition) is 7. The first-order chi connectivity index (χ1) is 11.8. The molecule has 0 amide bonds. The average molecular weight is 348 g/mol. The first-order valence-electron chi connectivity index (χ1n) is 7.85. The monoisotopic (exact) mass is 348 g/mol. The molecular weight excluding hydrogens is 328 g/mol. The summed E-state index contributed by atoms with van der Waals surface area (Å²) in [5, 5.41) is 24.0. The Balaban J connectivity index is 2.54. The van der Waals surface area contributed by atoms with E-state index in [-0.39, 0.29) is 40.4 Å². The number of methoxy groups -OCH3 is 1. The van der Waals surface area contributed by atoms with Gasteiger partial charge in [-0.25, -0.2) is 4.79 Å². The van der Waals surface area contributed by atoms with Crippen LogP contribution in [0.1, 0.15) is 55.3 Å². The van der Waals surface area contributed by atoms with Gasteiger partial charge in [0.25, 0.3) is 0 Å². The minimum Gasteiger partial charge on any atom is -0.618 e. The lowest BCUT2D eigenvalue weighted by atomic mass is 9.87. The lowest BCUT2D eigenvalue weighted by Gasteiger charge is -2.21. The van der Waals surface area contributed by atoms with Crippen molar-refractivity contribution in [1.29, 1.82) is 0 Å². The Bertz CT molecular complexity index is 782. The molecule has 0 radical (unpaired) electrons. The van der Waals surface area contributed by atoms with E-state index < -0.39 is 17.5 Å². The minimum atomic E-state index is -0.841. The second-order valence-corrected chi connectivity index (χ2v) is 5.69. The van der Waals surface area contributed by atoms with Gasteiger partial charge in [-0.05, 0) is 12.8 Å². The number of fused-ring (bicyclic) bond motifs is 1. The van der Waals surface area contributed by atoms with Crippen LogP contribution in [0, 0.1) is 19.1 Å². The molecule has 8 heteroatoms. The number of allylic oxidation sites excluding steroid dienone is 2. The number of pyridine rings is 1. The second kappa shape index (κ2) is 7.43. The lowest BCUT2D eigenvalue weighted by Crippen LogP contribution is -2.42. The highest BCUT2D eigenvalue weighted by molar-refractivity contribution is 6.27. The number of nitrogens with one attached hydrogen (secondary N) is 1. The van der Waals surface area contributed by atoms with Crippen molar-refractivity contribution in [3.05, 3.63) is 45.1 Å². The van der Waals surface area contributed by atoms with Crippen molar-refractivity contribution in [3.8, 4) is 0 Å². The molecule has 0 saturated heterocycles. The molecule has 0 unspecified atom stereocenters. The van der Waals surface area contributed by atoms with E-state index in [1.165, 1.54) is 13.8 Å². The van der Waals surface area contributed by atoms with E-state index >= 15 is 0 Å². The van der Waals surface area contributed by atoms with Gasteiger partial charge in [-0.3, -0.25) is 9.59 Å². The SMILES string of the molecule is COC(=O)c1c2c(c(C)[n+]([O-])c1C)C(=O)C(NCCCCO)=CC2=O. The summed E-state index contributed by atoms with van der Waals surface area (Å²) >= 11 is 0. The van der Waals surface area contributed by atoms with Crippen molar-refractivity contribution < 1.29 is 29.0 Å². The highest BCUT2D eigenvalue weighted by atomic mass is 16.5.